The van der Waals surface area contributed by atoms with E-state index in [1.54, 1.807) is 11.3 Å². The molecule has 0 aliphatic carbocycles. The first-order valence-corrected chi connectivity index (χ1v) is 9.80. The lowest BCUT2D eigenvalue weighted by Crippen LogP contribution is -2.42. The van der Waals surface area contributed by atoms with Gasteiger partial charge in [0.15, 0.2) is 0 Å². The summed E-state index contributed by atoms with van der Waals surface area (Å²) in [5.41, 5.74) is 2.43. The summed E-state index contributed by atoms with van der Waals surface area (Å²) in [6.07, 6.45) is 2.82. The first-order valence-electron chi connectivity index (χ1n) is 8.98. The number of rotatable bonds is 3. The van der Waals surface area contributed by atoms with E-state index >= 15 is 0 Å². The number of anilines is 2. The molecule has 0 fully saturated rings. The molecule has 2 aromatic carbocycles. The zero-order valence-electron chi connectivity index (χ0n) is 14.6. The molecular weight excluding hydrogens is 356 g/mol. The lowest BCUT2D eigenvalue weighted by Gasteiger charge is -2.37. The van der Waals surface area contributed by atoms with Gasteiger partial charge in [-0.2, -0.15) is 0 Å². The molecule has 134 valence electrons. The van der Waals surface area contributed by atoms with Gasteiger partial charge < -0.3 is 10.1 Å². The van der Waals surface area contributed by atoms with Crippen molar-refractivity contribution in [2.75, 3.05) is 16.8 Å². The van der Waals surface area contributed by atoms with Crippen LogP contribution >= 0.6 is 11.3 Å². The summed E-state index contributed by atoms with van der Waals surface area (Å²) in [6, 6.07) is 21.6. The van der Waals surface area contributed by atoms with Crippen LogP contribution in [0.4, 0.5) is 11.4 Å². The van der Waals surface area contributed by atoms with Gasteiger partial charge in [-0.05, 0) is 42.5 Å². The van der Waals surface area contributed by atoms with E-state index in [1.807, 2.05) is 59.5 Å². The van der Waals surface area contributed by atoms with E-state index < -0.39 is 0 Å². The molecule has 5 heteroatoms. The molecule has 1 aromatic heterocycles. The molecule has 0 radical (unpaired) electrons. The number of amides is 1. The van der Waals surface area contributed by atoms with Crippen molar-refractivity contribution >= 4 is 34.4 Å². The average molecular weight is 374 g/mol. The second-order valence-corrected chi connectivity index (χ2v) is 7.63. The maximum absolute atomic E-state index is 13.3. The number of nitrogens with zero attached hydrogens (tertiary/aromatic N) is 1. The van der Waals surface area contributed by atoms with Gasteiger partial charge in [-0.3, -0.25) is 9.69 Å². The minimum absolute atomic E-state index is 0.00633. The third kappa shape index (κ3) is 2.80. The van der Waals surface area contributed by atoms with Crippen molar-refractivity contribution in [3.63, 3.8) is 0 Å². The van der Waals surface area contributed by atoms with Gasteiger partial charge in [0, 0.05) is 22.7 Å². The minimum atomic E-state index is -0.254. The molecule has 0 spiro atoms. The first kappa shape index (κ1) is 16.1. The number of benzene rings is 2. The van der Waals surface area contributed by atoms with Crippen LogP contribution in [0.15, 0.2) is 72.8 Å². The monoisotopic (exact) mass is 374 g/mol. The first-order chi connectivity index (χ1) is 13.3. The van der Waals surface area contributed by atoms with Crippen molar-refractivity contribution in [2.24, 2.45) is 0 Å². The van der Waals surface area contributed by atoms with Crippen molar-refractivity contribution < 1.29 is 9.53 Å². The van der Waals surface area contributed by atoms with E-state index in [9.17, 15) is 4.79 Å². The molecule has 0 bridgehead atoms. The van der Waals surface area contributed by atoms with Crippen LogP contribution in [-0.4, -0.2) is 12.5 Å². The van der Waals surface area contributed by atoms with Crippen LogP contribution in [0.3, 0.4) is 0 Å². The van der Waals surface area contributed by atoms with E-state index in [0.717, 1.165) is 39.9 Å². The van der Waals surface area contributed by atoms with E-state index in [4.69, 9.17) is 4.74 Å². The standard InChI is InChI=1S/C22H18N2O2S/c25-22-16-9-4-5-10-17(16)23-21(24(22)15-7-2-1-3-8-15)20-13-12-19(27-20)18-11-6-14-26-18/h1-5,7-13,21,23H,6,14H2. The average Bonchev–Trinajstić information content (AvgIpc) is 3.40. The highest BCUT2D eigenvalue weighted by molar-refractivity contribution is 7.13. The zero-order valence-corrected chi connectivity index (χ0v) is 15.4. The highest BCUT2D eigenvalue weighted by Gasteiger charge is 2.34. The summed E-state index contributed by atoms with van der Waals surface area (Å²) in [7, 11) is 0. The van der Waals surface area contributed by atoms with Crippen LogP contribution in [0.2, 0.25) is 0 Å². The Balaban J connectivity index is 1.59. The number of carbonyl (C=O) groups excluding carboxylic acids is 1. The number of hydrogen-bond donors (Lipinski definition) is 1. The number of carbonyl (C=O) groups is 1. The van der Waals surface area contributed by atoms with Crippen LogP contribution in [0.1, 0.15) is 32.7 Å². The number of hydrogen-bond acceptors (Lipinski definition) is 4. The zero-order chi connectivity index (χ0) is 18.2. The molecular formula is C22H18N2O2S. The summed E-state index contributed by atoms with van der Waals surface area (Å²) in [5.74, 6) is 0.951. The number of nitrogens with one attached hydrogen (secondary N) is 1. The Morgan fingerprint density at radius 1 is 1.00 bits per heavy atom. The molecule has 2 aliphatic rings. The van der Waals surface area contributed by atoms with E-state index in [0.29, 0.717) is 5.56 Å². The normalized spacial score (nSPS) is 18.5. The molecule has 27 heavy (non-hydrogen) atoms. The fourth-order valence-corrected chi connectivity index (χ4v) is 4.57. The molecule has 2 aliphatic heterocycles. The maximum Gasteiger partial charge on any atom is 0.262 e. The second-order valence-electron chi connectivity index (χ2n) is 6.51. The second kappa shape index (κ2) is 6.59. The Hall–Kier alpha value is -3.05. The van der Waals surface area contributed by atoms with Gasteiger partial charge in [0.05, 0.1) is 17.0 Å². The highest BCUT2D eigenvalue weighted by Crippen LogP contribution is 2.40. The summed E-state index contributed by atoms with van der Waals surface area (Å²) in [4.78, 5) is 17.3. The lowest BCUT2D eigenvalue weighted by atomic mass is 10.1. The topological polar surface area (TPSA) is 41.6 Å². The van der Waals surface area contributed by atoms with Gasteiger partial charge in [-0.15, -0.1) is 11.3 Å². The van der Waals surface area contributed by atoms with E-state index in [-0.39, 0.29) is 12.1 Å². The Labute approximate surface area is 161 Å². The van der Waals surface area contributed by atoms with Crippen LogP contribution in [0.25, 0.3) is 5.76 Å². The molecule has 1 N–H and O–H groups in total. The largest absolute Gasteiger partial charge is 0.492 e. The van der Waals surface area contributed by atoms with Crippen LogP contribution < -0.4 is 10.2 Å². The number of fused-ring (bicyclic) bond motifs is 1. The van der Waals surface area contributed by atoms with Gasteiger partial charge in [-0.25, -0.2) is 0 Å². The van der Waals surface area contributed by atoms with Gasteiger partial charge >= 0.3 is 0 Å². The molecule has 3 aromatic rings. The van der Waals surface area contributed by atoms with Crippen LogP contribution in [-0.2, 0) is 4.74 Å². The fraction of sp³-hybridized carbons (Fsp3) is 0.136. The van der Waals surface area contributed by atoms with Crippen molar-refractivity contribution in [1.82, 2.24) is 0 Å². The summed E-state index contributed by atoms with van der Waals surface area (Å²) >= 11 is 1.66. The van der Waals surface area contributed by atoms with Crippen molar-refractivity contribution in [3.05, 3.63) is 88.1 Å². The summed E-state index contributed by atoms with van der Waals surface area (Å²) in [6.45, 7) is 0.742. The summed E-state index contributed by atoms with van der Waals surface area (Å²) < 4.78 is 5.70. The van der Waals surface area contributed by atoms with Crippen LogP contribution in [0.5, 0.6) is 0 Å². The predicted octanol–water partition coefficient (Wildman–Crippen LogP) is 5.28. The van der Waals surface area contributed by atoms with Gasteiger partial charge in [-0.1, -0.05) is 30.3 Å². The van der Waals surface area contributed by atoms with Crippen molar-refractivity contribution in [2.45, 2.75) is 12.6 Å². The molecule has 5 rings (SSSR count). The number of thiophene rings is 1. The molecule has 3 heterocycles. The van der Waals surface area contributed by atoms with Gasteiger partial charge in [0.25, 0.3) is 5.91 Å². The molecule has 4 nitrogen and oxygen atoms in total. The van der Waals surface area contributed by atoms with E-state index in [1.165, 1.54) is 0 Å². The highest BCUT2D eigenvalue weighted by atomic mass is 32.1. The van der Waals surface area contributed by atoms with Crippen molar-refractivity contribution in [3.8, 4) is 0 Å². The predicted molar refractivity (Wildman–Crippen MR) is 109 cm³/mol. The molecule has 0 saturated carbocycles. The maximum atomic E-state index is 13.3. The Morgan fingerprint density at radius 3 is 2.63 bits per heavy atom. The molecule has 1 amide bonds. The van der Waals surface area contributed by atoms with Crippen molar-refractivity contribution in [1.29, 1.82) is 0 Å². The quantitative estimate of drug-likeness (QED) is 0.678. The van der Waals surface area contributed by atoms with E-state index in [2.05, 4.69) is 23.5 Å². The third-order valence-electron chi connectivity index (χ3n) is 4.81. The smallest absolute Gasteiger partial charge is 0.262 e. The number of para-hydroxylation sites is 2. The number of ether oxygens (including phenoxy) is 1. The SMILES string of the molecule is O=C1c2ccccc2NC(c2ccc(C3=CCCO3)s2)N1c1ccccc1. The van der Waals surface area contributed by atoms with Gasteiger partial charge in [0.2, 0.25) is 0 Å². The fourth-order valence-electron chi connectivity index (χ4n) is 3.53. The third-order valence-corrected chi connectivity index (χ3v) is 5.96. The Kier molecular flexibility index (Phi) is 3.94. The Bertz CT molecular complexity index is 1030. The Morgan fingerprint density at radius 2 is 1.81 bits per heavy atom. The van der Waals surface area contributed by atoms with Gasteiger partial charge in [0.1, 0.15) is 11.9 Å². The molecule has 1 unspecified atom stereocenters. The van der Waals surface area contributed by atoms with Crippen LogP contribution in [0, 0.1) is 0 Å². The minimum Gasteiger partial charge on any atom is -0.492 e. The molecule has 1 atom stereocenters. The molecule has 0 saturated heterocycles. The summed E-state index contributed by atoms with van der Waals surface area (Å²) in [5, 5.41) is 3.55. The lowest BCUT2D eigenvalue weighted by molar-refractivity contribution is 0.0975.